The van der Waals surface area contributed by atoms with E-state index in [2.05, 4.69) is 5.92 Å². The molecule has 7 heteroatoms. The molecule has 0 saturated carbocycles. The van der Waals surface area contributed by atoms with E-state index in [1.807, 2.05) is 6.92 Å². The van der Waals surface area contributed by atoms with Crippen molar-refractivity contribution in [1.82, 2.24) is 0 Å². The van der Waals surface area contributed by atoms with Crippen LogP contribution in [0.15, 0.2) is 35.8 Å². The van der Waals surface area contributed by atoms with E-state index in [4.69, 9.17) is 11.2 Å². The number of sulfone groups is 1. The molecule has 2 N–H and O–H groups in total. The summed E-state index contributed by atoms with van der Waals surface area (Å²) in [6, 6.07) is 6.72. The number of carbonyl (C=O) groups excluding carboxylic acids is 1. The lowest BCUT2D eigenvalue weighted by molar-refractivity contribution is -0.143. The first kappa shape index (κ1) is 18.9. The van der Waals surface area contributed by atoms with Gasteiger partial charge >= 0.3 is 5.97 Å². The molecule has 0 bridgehead atoms. The molecule has 1 aromatic rings. The highest BCUT2D eigenvalue weighted by atomic mass is 32.2. The van der Waals surface area contributed by atoms with Crippen LogP contribution in [0.5, 0.6) is 0 Å². The zero-order valence-corrected chi connectivity index (χ0v) is 14.6. The number of ether oxygens (including phenoxy) is 1. The predicted molar refractivity (Wildman–Crippen MR) is 92.6 cm³/mol. The van der Waals surface area contributed by atoms with E-state index in [0.717, 1.165) is 0 Å². The summed E-state index contributed by atoms with van der Waals surface area (Å²) in [7, 11) is -3.15. The molecule has 0 radical (unpaired) electrons. The predicted octanol–water partition coefficient (Wildman–Crippen LogP) is 2.37. The van der Waals surface area contributed by atoms with Crippen molar-refractivity contribution in [1.29, 1.82) is 0 Å². The number of carbonyl (C=O) groups is 1. The van der Waals surface area contributed by atoms with Crippen molar-refractivity contribution in [2.75, 3.05) is 5.75 Å². The van der Waals surface area contributed by atoms with Crippen LogP contribution in [0.4, 0.5) is 0 Å². The Morgan fingerprint density at radius 2 is 1.92 bits per heavy atom. The van der Waals surface area contributed by atoms with E-state index in [-0.39, 0.29) is 17.9 Å². The maximum Gasteiger partial charge on any atom is 0.377 e. The fraction of sp³-hybridized carbons (Fsp3) is 0.389. The number of terminal acetylenes is 1. The van der Waals surface area contributed by atoms with E-state index < -0.39 is 39.3 Å². The number of aliphatic hydroxyl groups is 2. The molecule has 1 aliphatic heterocycles. The smallest absolute Gasteiger partial charge is 0.377 e. The van der Waals surface area contributed by atoms with Crippen molar-refractivity contribution >= 4 is 15.8 Å². The molecular formula is C18H20O6S. The van der Waals surface area contributed by atoms with E-state index in [1.54, 1.807) is 24.3 Å². The molecule has 0 amide bonds. The SMILES string of the molecule is C#CCC(c1ccc(CS(=O)(=O)CCC)cc1)C1OC(=O)C(O)=C1O. The molecule has 0 aromatic heterocycles. The van der Waals surface area contributed by atoms with Gasteiger partial charge in [0.05, 0.1) is 11.5 Å². The second kappa shape index (κ2) is 7.62. The Morgan fingerprint density at radius 3 is 2.40 bits per heavy atom. The molecule has 2 atom stereocenters. The Bertz CT molecular complexity index is 814. The average molecular weight is 364 g/mol. The monoisotopic (exact) mass is 364 g/mol. The van der Waals surface area contributed by atoms with Gasteiger partial charge in [-0.15, -0.1) is 12.3 Å². The van der Waals surface area contributed by atoms with Gasteiger partial charge in [-0.25, -0.2) is 13.2 Å². The van der Waals surface area contributed by atoms with Gasteiger partial charge in [-0.1, -0.05) is 31.2 Å². The lowest BCUT2D eigenvalue weighted by atomic mass is 9.89. The summed E-state index contributed by atoms with van der Waals surface area (Å²) in [4.78, 5) is 11.4. The number of esters is 1. The van der Waals surface area contributed by atoms with Crippen molar-refractivity contribution in [3.63, 3.8) is 0 Å². The van der Waals surface area contributed by atoms with Gasteiger partial charge in [0.2, 0.25) is 5.76 Å². The number of hydrogen-bond acceptors (Lipinski definition) is 6. The van der Waals surface area contributed by atoms with Crippen LogP contribution in [0.3, 0.4) is 0 Å². The van der Waals surface area contributed by atoms with Crippen LogP contribution in [-0.4, -0.2) is 36.5 Å². The normalized spacial score (nSPS) is 18.7. The molecular weight excluding hydrogens is 344 g/mol. The first-order valence-corrected chi connectivity index (χ1v) is 9.67. The van der Waals surface area contributed by atoms with E-state index in [0.29, 0.717) is 17.5 Å². The minimum absolute atomic E-state index is 0.0503. The van der Waals surface area contributed by atoms with Gasteiger partial charge in [0, 0.05) is 12.3 Å². The molecule has 1 heterocycles. The molecule has 25 heavy (non-hydrogen) atoms. The molecule has 0 saturated heterocycles. The standard InChI is InChI=1S/C18H20O6S/c1-3-5-14(17-15(19)16(20)18(21)24-17)13-8-6-12(7-9-13)11-25(22,23)10-4-2/h1,6-9,14,17,19-20H,4-5,10-11H2,2H3. The highest BCUT2D eigenvalue weighted by Crippen LogP contribution is 2.34. The molecule has 1 aromatic carbocycles. The molecule has 0 fully saturated rings. The van der Waals surface area contributed by atoms with Crippen LogP contribution in [-0.2, 0) is 25.1 Å². The number of aliphatic hydroxyl groups excluding tert-OH is 2. The van der Waals surface area contributed by atoms with E-state index in [1.165, 1.54) is 0 Å². The van der Waals surface area contributed by atoms with Gasteiger partial charge in [-0.05, 0) is 17.5 Å². The summed E-state index contributed by atoms with van der Waals surface area (Å²) in [5, 5.41) is 19.3. The van der Waals surface area contributed by atoms with Gasteiger partial charge in [-0.2, -0.15) is 0 Å². The van der Waals surface area contributed by atoms with Crippen LogP contribution in [0.1, 0.15) is 36.8 Å². The summed E-state index contributed by atoms with van der Waals surface area (Å²) in [6.45, 7) is 1.81. The van der Waals surface area contributed by atoms with Gasteiger partial charge in [0.15, 0.2) is 21.7 Å². The third kappa shape index (κ3) is 4.34. The average Bonchev–Trinajstić information content (AvgIpc) is 2.80. The number of benzene rings is 1. The van der Waals surface area contributed by atoms with Crippen molar-refractivity contribution in [3.05, 3.63) is 46.9 Å². The third-order valence-corrected chi connectivity index (χ3v) is 5.76. The maximum atomic E-state index is 11.9. The van der Waals surface area contributed by atoms with Crippen molar-refractivity contribution in [3.8, 4) is 12.3 Å². The molecule has 1 aliphatic rings. The number of cyclic esters (lactones) is 1. The summed E-state index contributed by atoms with van der Waals surface area (Å²) in [6.07, 6.45) is 5.04. The molecule has 0 aliphatic carbocycles. The van der Waals surface area contributed by atoms with Gasteiger partial charge in [0.1, 0.15) is 0 Å². The number of hydrogen-bond donors (Lipinski definition) is 2. The van der Waals surface area contributed by atoms with Crippen LogP contribution >= 0.6 is 0 Å². The molecule has 0 spiro atoms. The Morgan fingerprint density at radius 1 is 1.28 bits per heavy atom. The minimum atomic E-state index is -3.15. The topological polar surface area (TPSA) is 101 Å². The second-order valence-corrected chi connectivity index (χ2v) is 8.09. The minimum Gasteiger partial charge on any atom is -0.505 e. The van der Waals surface area contributed by atoms with Gasteiger partial charge in [-0.3, -0.25) is 0 Å². The van der Waals surface area contributed by atoms with Crippen molar-refractivity contribution in [2.24, 2.45) is 0 Å². The molecule has 2 unspecified atom stereocenters. The quantitative estimate of drug-likeness (QED) is 0.569. The first-order chi connectivity index (χ1) is 11.8. The highest BCUT2D eigenvalue weighted by molar-refractivity contribution is 7.90. The third-order valence-electron chi connectivity index (χ3n) is 3.95. The molecule has 134 valence electrons. The Hall–Kier alpha value is -2.46. The Labute approximate surface area is 147 Å². The fourth-order valence-corrected chi connectivity index (χ4v) is 4.23. The molecule has 2 rings (SSSR count). The summed E-state index contributed by atoms with van der Waals surface area (Å²) in [5.41, 5.74) is 1.32. The maximum absolute atomic E-state index is 11.9. The second-order valence-electron chi connectivity index (χ2n) is 5.91. The Kier molecular flexibility index (Phi) is 5.75. The zero-order valence-electron chi connectivity index (χ0n) is 13.8. The van der Waals surface area contributed by atoms with Crippen LogP contribution < -0.4 is 0 Å². The first-order valence-electron chi connectivity index (χ1n) is 7.85. The number of rotatable bonds is 7. The van der Waals surface area contributed by atoms with Crippen LogP contribution in [0.25, 0.3) is 0 Å². The molecule has 6 nitrogen and oxygen atoms in total. The van der Waals surface area contributed by atoms with Gasteiger partial charge < -0.3 is 14.9 Å². The van der Waals surface area contributed by atoms with Gasteiger partial charge in [0.25, 0.3) is 0 Å². The Balaban J connectivity index is 2.24. The van der Waals surface area contributed by atoms with Crippen LogP contribution in [0, 0.1) is 12.3 Å². The lowest BCUT2D eigenvalue weighted by Crippen LogP contribution is -2.22. The van der Waals surface area contributed by atoms with Crippen LogP contribution in [0.2, 0.25) is 0 Å². The lowest BCUT2D eigenvalue weighted by Gasteiger charge is -2.21. The fourth-order valence-electron chi connectivity index (χ4n) is 2.76. The largest absolute Gasteiger partial charge is 0.505 e. The van der Waals surface area contributed by atoms with E-state index in [9.17, 15) is 23.4 Å². The van der Waals surface area contributed by atoms with Crippen molar-refractivity contribution < 1.29 is 28.2 Å². The summed E-state index contributed by atoms with van der Waals surface area (Å²) in [5.74, 6) is -0.349. The van der Waals surface area contributed by atoms with Crippen molar-refractivity contribution in [2.45, 2.75) is 37.5 Å². The summed E-state index contributed by atoms with van der Waals surface area (Å²) >= 11 is 0. The summed E-state index contributed by atoms with van der Waals surface area (Å²) < 4.78 is 28.8. The van der Waals surface area contributed by atoms with E-state index >= 15 is 0 Å². The highest BCUT2D eigenvalue weighted by Gasteiger charge is 2.40. The zero-order chi connectivity index (χ0) is 18.6.